The number of benzene rings is 1. The van der Waals surface area contributed by atoms with Gasteiger partial charge in [0.15, 0.2) is 0 Å². The van der Waals surface area contributed by atoms with Crippen LogP contribution in [0, 0.1) is 13.8 Å². The zero-order chi connectivity index (χ0) is 19.5. The van der Waals surface area contributed by atoms with Gasteiger partial charge in [0.1, 0.15) is 0 Å². The van der Waals surface area contributed by atoms with E-state index in [9.17, 15) is 4.79 Å². The Balaban J connectivity index is 1.45. The molecule has 3 aromatic rings. The molecule has 3 heterocycles. The van der Waals surface area contributed by atoms with Crippen LogP contribution < -0.4 is 0 Å². The van der Waals surface area contributed by atoms with Crippen LogP contribution in [-0.2, 0) is 11.3 Å². The van der Waals surface area contributed by atoms with Crippen molar-refractivity contribution in [3.63, 3.8) is 0 Å². The molecule has 1 aliphatic rings. The van der Waals surface area contributed by atoms with Crippen molar-refractivity contribution in [2.45, 2.75) is 20.4 Å². The first kappa shape index (κ1) is 18.4. The molecule has 1 saturated heterocycles. The van der Waals surface area contributed by atoms with Crippen molar-refractivity contribution in [2.75, 3.05) is 26.3 Å². The summed E-state index contributed by atoms with van der Waals surface area (Å²) in [4.78, 5) is 19.0. The third-order valence-electron chi connectivity index (χ3n) is 4.99. The third-order valence-corrected chi connectivity index (χ3v) is 4.99. The molecule has 0 spiro atoms. The monoisotopic (exact) mass is 376 g/mol. The maximum absolute atomic E-state index is 12.5. The smallest absolute Gasteiger partial charge is 0.254 e. The largest absolute Gasteiger partial charge is 0.378 e. The average Bonchev–Trinajstić information content (AvgIpc) is 3.05. The SMILES string of the molecule is Cc1cc(C)n(Cc2ccc(-c3ccc(C(=O)N4CCOCC4)cc3)nc2)n1. The Labute approximate surface area is 164 Å². The number of rotatable bonds is 4. The normalized spacial score (nSPS) is 14.3. The highest BCUT2D eigenvalue weighted by Gasteiger charge is 2.18. The molecule has 0 N–H and O–H groups in total. The second-order valence-electron chi connectivity index (χ2n) is 7.12. The molecule has 1 aliphatic heterocycles. The lowest BCUT2D eigenvalue weighted by Crippen LogP contribution is -2.40. The van der Waals surface area contributed by atoms with Crippen LogP contribution in [-0.4, -0.2) is 51.9 Å². The molecule has 6 heteroatoms. The maximum atomic E-state index is 12.5. The number of hydrogen-bond donors (Lipinski definition) is 0. The van der Waals surface area contributed by atoms with Gasteiger partial charge in [0.05, 0.1) is 31.1 Å². The minimum absolute atomic E-state index is 0.0584. The van der Waals surface area contributed by atoms with Gasteiger partial charge in [0.2, 0.25) is 0 Å². The summed E-state index contributed by atoms with van der Waals surface area (Å²) in [6, 6.07) is 13.8. The highest BCUT2D eigenvalue weighted by Crippen LogP contribution is 2.19. The number of carbonyl (C=O) groups is 1. The van der Waals surface area contributed by atoms with E-state index in [2.05, 4.69) is 29.1 Å². The van der Waals surface area contributed by atoms with Gasteiger partial charge in [-0.05, 0) is 43.7 Å². The van der Waals surface area contributed by atoms with Crippen molar-refractivity contribution < 1.29 is 9.53 Å². The van der Waals surface area contributed by atoms with Crippen LogP contribution in [0.1, 0.15) is 27.3 Å². The third kappa shape index (κ3) is 3.97. The van der Waals surface area contributed by atoms with Gasteiger partial charge >= 0.3 is 0 Å². The number of amides is 1. The van der Waals surface area contributed by atoms with Crippen LogP contribution in [0.3, 0.4) is 0 Å². The molecular weight excluding hydrogens is 352 g/mol. The summed E-state index contributed by atoms with van der Waals surface area (Å²) in [5, 5.41) is 4.50. The lowest BCUT2D eigenvalue weighted by Gasteiger charge is -2.26. The molecule has 144 valence electrons. The molecule has 0 bridgehead atoms. The first-order valence-corrected chi connectivity index (χ1v) is 9.53. The number of morpholine rings is 1. The van der Waals surface area contributed by atoms with E-state index in [1.54, 1.807) is 0 Å². The Hall–Kier alpha value is -2.99. The molecule has 4 rings (SSSR count). The van der Waals surface area contributed by atoms with Gasteiger partial charge in [-0.25, -0.2) is 0 Å². The zero-order valence-electron chi connectivity index (χ0n) is 16.3. The van der Waals surface area contributed by atoms with E-state index in [0.29, 0.717) is 38.4 Å². The number of aryl methyl sites for hydroxylation is 2. The summed E-state index contributed by atoms with van der Waals surface area (Å²) in [6.07, 6.45) is 1.89. The van der Waals surface area contributed by atoms with E-state index in [4.69, 9.17) is 4.74 Å². The number of carbonyl (C=O) groups excluding carboxylic acids is 1. The van der Waals surface area contributed by atoms with E-state index in [1.165, 1.54) is 0 Å². The van der Waals surface area contributed by atoms with Gasteiger partial charge in [-0.15, -0.1) is 0 Å². The van der Waals surface area contributed by atoms with E-state index >= 15 is 0 Å². The molecule has 0 aliphatic carbocycles. The zero-order valence-corrected chi connectivity index (χ0v) is 16.3. The molecule has 28 heavy (non-hydrogen) atoms. The first-order chi connectivity index (χ1) is 13.6. The van der Waals surface area contributed by atoms with E-state index in [1.807, 2.05) is 53.0 Å². The Morgan fingerprint density at radius 1 is 1.07 bits per heavy atom. The predicted molar refractivity (Wildman–Crippen MR) is 107 cm³/mol. The van der Waals surface area contributed by atoms with Crippen LogP contribution in [0.15, 0.2) is 48.7 Å². The van der Waals surface area contributed by atoms with E-state index in [0.717, 1.165) is 28.2 Å². The van der Waals surface area contributed by atoms with Crippen LogP contribution in [0.5, 0.6) is 0 Å². The highest BCUT2D eigenvalue weighted by molar-refractivity contribution is 5.94. The molecule has 0 saturated carbocycles. The highest BCUT2D eigenvalue weighted by atomic mass is 16.5. The molecule has 0 atom stereocenters. The molecular formula is C22H24N4O2. The molecule has 0 radical (unpaired) electrons. The van der Waals surface area contributed by atoms with Gasteiger partial charge in [0.25, 0.3) is 5.91 Å². The van der Waals surface area contributed by atoms with Gasteiger partial charge in [0, 0.05) is 36.1 Å². The maximum Gasteiger partial charge on any atom is 0.254 e. The van der Waals surface area contributed by atoms with Gasteiger partial charge < -0.3 is 9.64 Å². The molecule has 1 amide bonds. The standard InChI is InChI=1S/C22H24N4O2/c1-16-13-17(2)26(24-16)15-18-3-8-21(23-14-18)19-4-6-20(7-5-19)22(27)25-9-11-28-12-10-25/h3-8,13-14H,9-12,15H2,1-2H3. The second-order valence-corrected chi connectivity index (χ2v) is 7.12. The molecule has 1 aromatic carbocycles. The Kier molecular flexibility index (Phi) is 5.21. The summed E-state index contributed by atoms with van der Waals surface area (Å²) in [7, 11) is 0. The van der Waals surface area contributed by atoms with Gasteiger partial charge in [-0.1, -0.05) is 18.2 Å². The van der Waals surface area contributed by atoms with Crippen LogP contribution in [0.25, 0.3) is 11.3 Å². The predicted octanol–water partition coefficient (Wildman–Crippen LogP) is 3.08. The summed E-state index contributed by atoms with van der Waals surface area (Å²) in [5.74, 6) is 0.0584. The van der Waals surface area contributed by atoms with Gasteiger partial charge in [-0.3, -0.25) is 14.5 Å². The van der Waals surface area contributed by atoms with E-state index in [-0.39, 0.29) is 5.91 Å². The molecule has 1 fully saturated rings. The Morgan fingerprint density at radius 2 is 1.82 bits per heavy atom. The Morgan fingerprint density at radius 3 is 2.43 bits per heavy atom. The molecule has 6 nitrogen and oxygen atoms in total. The first-order valence-electron chi connectivity index (χ1n) is 9.53. The summed E-state index contributed by atoms with van der Waals surface area (Å²) < 4.78 is 7.29. The van der Waals surface area contributed by atoms with E-state index < -0.39 is 0 Å². The van der Waals surface area contributed by atoms with Crippen molar-refractivity contribution in [2.24, 2.45) is 0 Å². The van der Waals surface area contributed by atoms with Crippen LogP contribution in [0.2, 0.25) is 0 Å². The average molecular weight is 376 g/mol. The van der Waals surface area contributed by atoms with Crippen molar-refractivity contribution in [1.82, 2.24) is 19.7 Å². The summed E-state index contributed by atoms with van der Waals surface area (Å²) in [5.41, 5.74) is 5.86. The molecule has 2 aromatic heterocycles. The van der Waals surface area contributed by atoms with Crippen molar-refractivity contribution >= 4 is 5.91 Å². The fourth-order valence-electron chi connectivity index (χ4n) is 3.43. The van der Waals surface area contributed by atoms with Crippen molar-refractivity contribution in [3.8, 4) is 11.3 Å². The van der Waals surface area contributed by atoms with Crippen LogP contribution >= 0.6 is 0 Å². The Bertz CT molecular complexity index is 955. The lowest BCUT2D eigenvalue weighted by molar-refractivity contribution is 0.0303. The minimum atomic E-state index is 0.0584. The van der Waals surface area contributed by atoms with Crippen LogP contribution in [0.4, 0.5) is 0 Å². The fourth-order valence-corrected chi connectivity index (χ4v) is 3.43. The quantitative estimate of drug-likeness (QED) is 0.702. The minimum Gasteiger partial charge on any atom is -0.378 e. The molecule has 0 unspecified atom stereocenters. The summed E-state index contributed by atoms with van der Waals surface area (Å²) in [6.45, 7) is 7.28. The topological polar surface area (TPSA) is 60.2 Å². The fraction of sp³-hybridized carbons (Fsp3) is 0.318. The number of pyridine rings is 1. The number of ether oxygens (including phenoxy) is 1. The summed E-state index contributed by atoms with van der Waals surface area (Å²) >= 11 is 0. The number of nitrogens with zero attached hydrogens (tertiary/aromatic N) is 4. The number of aromatic nitrogens is 3. The van der Waals surface area contributed by atoms with Gasteiger partial charge in [-0.2, -0.15) is 5.10 Å². The second kappa shape index (κ2) is 7.94. The lowest BCUT2D eigenvalue weighted by atomic mass is 10.1. The van der Waals surface area contributed by atoms with Crippen molar-refractivity contribution in [3.05, 3.63) is 71.2 Å². The number of hydrogen-bond acceptors (Lipinski definition) is 4. The van der Waals surface area contributed by atoms with Crippen molar-refractivity contribution in [1.29, 1.82) is 0 Å².